The van der Waals surface area contributed by atoms with E-state index in [0.29, 0.717) is 0 Å². The van der Waals surface area contributed by atoms with Gasteiger partial charge >= 0.3 is 0 Å². The highest BCUT2D eigenvalue weighted by atomic mass is 14.2. The lowest BCUT2D eigenvalue weighted by atomic mass is 9.86. The van der Waals surface area contributed by atoms with Crippen LogP contribution in [0.15, 0.2) is 0 Å². The highest BCUT2D eigenvalue weighted by molar-refractivity contribution is 4.98. The van der Waals surface area contributed by atoms with Gasteiger partial charge < -0.3 is 0 Å². The molecule has 0 N–H and O–H groups in total. The van der Waals surface area contributed by atoms with Crippen LogP contribution in [0.1, 0.15) is 163 Å². The molecule has 0 saturated heterocycles. The van der Waals surface area contributed by atoms with E-state index in [1.165, 1.54) is 122 Å². The minimum atomic E-state index is 0.850. The molecule has 0 fully saturated rings. The zero-order valence-corrected chi connectivity index (χ0v) is 21.0. The molecule has 0 aromatic rings. The van der Waals surface area contributed by atoms with Crippen LogP contribution in [-0.2, 0) is 0 Å². The van der Waals surface area contributed by atoms with Gasteiger partial charge in [-0.15, -0.1) is 11.8 Å². The molecule has 1 unspecified atom stereocenters. The summed E-state index contributed by atoms with van der Waals surface area (Å²) in [5.74, 6) is 8.60. The van der Waals surface area contributed by atoms with Gasteiger partial charge in [0.05, 0.1) is 0 Å². The van der Waals surface area contributed by atoms with Crippen molar-refractivity contribution in [2.24, 2.45) is 11.8 Å². The first-order valence-corrected chi connectivity index (χ1v) is 13.7. The number of rotatable bonds is 21. The molecule has 29 heavy (non-hydrogen) atoms. The summed E-state index contributed by atoms with van der Waals surface area (Å²) in [6.07, 6.45) is 29.1. The van der Waals surface area contributed by atoms with E-state index >= 15 is 0 Å². The topological polar surface area (TPSA) is 0 Å². The van der Waals surface area contributed by atoms with Gasteiger partial charge in [0.15, 0.2) is 0 Å². The second kappa shape index (κ2) is 23.8. The molecule has 0 bridgehead atoms. The van der Waals surface area contributed by atoms with Crippen molar-refractivity contribution < 1.29 is 0 Å². The van der Waals surface area contributed by atoms with E-state index in [1.807, 2.05) is 0 Å². The summed E-state index contributed by atoms with van der Waals surface area (Å²) in [7, 11) is 0. The van der Waals surface area contributed by atoms with Gasteiger partial charge in [0, 0.05) is 12.8 Å². The van der Waals surface area contributed by atoms with Gasteiger partial charge in [0.1, 0.15) is 0 Å². The fraction of sp³-hybridized carbons (Fsp3) is 0.931. The highest BCUT2D eigenvalue weighted by Gasteiger charge is 2.12. The van der Waals surface area contributed by atoms with Gasteiger partial charge in [-0.05, 0) is 24.7 Å². The molecular formula is C29H56. The Labute approximate surface area is 186 Å². The van der Waals surface area contributed by atoms with Crippen molar-refractivity contribution in [1.82, 2.24) is 0 Å². The molecule has 0 heterocycles. The van der Waals surface area contributed by atoms with E-state index in [2.05, 4.69) is 39.5 Å². The van der Waals surface area contributed by atoms with E-state index in [9.17, 15) is 0 Å². The Morgan fingerprint density at radius 1 is 0.448 bits per heavy atom. The van der Waals surface area contributed by atoms with Crippen molar-refractivity contribution >= 4 is 0 Å². The molecule has 0 amide bonds. The molecule has 0 aliphatic heterocycles. The van der Waals surface area contributed by atoms with Crippen LogP contribution in [0.4, 0.5) is 0 Å². The molecule has 0 radical (unpaired) electrons. The monoisotopic (exact) mass is 404 g/mol. The van der Waals surface area contributed by atoms with Gasteiger partial charge in [-0.1, -0.05) is 137 Å². The molecular weight excluding hydrogens is 348 g/mol. The predicted octanol–water partition coefficient (Wildman–Crippen LogP) is 10.5. The molecule has 172 valence electrons. The quantitative estimate of drug-likeness (QED) is 0.132. The van der Waals surface area contributed by atoms with Gasteiger partial charge in [-0.2, -0.15) is 0 Å². The first-order valence-electron chi connectivity index (χ1n) is 13.7. The summed E-state index contributed by atoms with van der Waals surface area (Å²) in [6.45, 7) is 9.44. The summed E-state index contributed by atoms with van der Waals surface area (Å²) in [5, 5.41) is 0. The average molecular weight is 405 g/mol. The lowest BCUT2D eigenvalue weighted by Crippen LogP contribution is -2.08. The number of unbranched alkanes of at least 4 members (excludes halogenated alkanes) is 16. The van der Waals surface area contributed by atoms with Crippen LogP contribution in [0.3, 0.4) is 0 Å². The van der Waals surface area contributed by atoms with E-state index in [0.717, 1.165) is 24.7 Å². The maximum atomic E-state index is 3.42. The van der Waals surface area contributed by atoms with Crippen LogP contribution < -0.4 is 0 Å². The van der Waals surface area contributed by atoms with Gasteiger partial charge in [-0.3, -0.25) is 0 Å². The van der Waals surface area contributed by atoms with Crippen LogP contribution in [0.25, 0.3) is 0 Å². The zero-order valence-electron chi connectivity index (χ0n) is 21.0. The molecule has 0 heteroatoms. The number of hydrogen-bond donors (Lipinski definition) is 0. The third-order valence-corrected chi connectivity index (χ3v) is 6.53. The third kappa shape index (κ3) is 22.1. The van der Waals surface area contributed by atoms with Crippen molar-refractivity contribution in [3.8, 4) is 11.8 Å². The normalized spacial score (nSPS) is 12.2. The Morgan fingerprint density at radius 2 is 0.793 bits per heavy atom. The molecule has 0 aromatic carbocycles. The molecule has 0 spiro atoms. The second-order valence-electron chi connectivity index (χ2n) is 9.74. The molecule has 0 aromatic heterocycles. The van der Waals surface area contributed by atoms with Crippen LogP contribution >= 0.6 is 0 Å². The first-order chi connectivity index (χ1) is 14.2. The summed E-state index contributed by atoms with van der Waals surface area (Å²) in [4.78, 5) is 0. The SMILES string of the molecule is CCCCCCCC#CCCCCC(CCCCCCCCCCCC)C(C)C. The van der Waals surface area contributed by atoms with E-state index in [-0.39, 0.29) is 0 Å². The summed E-state index contributed by atoms with van der Waals surface area (Å²) >= 11 is 0. The lowest BCUT2D eigenvalue weighted by molar-refractivity contribution is 0.315. The van der Waals surface area contributed by atoms with Crippen LogP contribution in [0, 0.1) is 23.7 Å². The molecule has 1 atom stereocenters. The number of hydrogen-bond acceptors (Lipinski definition) is 0. The maximum Gasteiger partial charge on any atom is 0.00886 e. The van der Waals surface area contributed by atoms with Crippen molar-refractivity contribution in [2.75, 3.05) is 0 Å². The van der Waals surface area contributed by atoms with E-state index < -0.39 is 0 Å². The highest BCUT2D eigenvalue weighted by Crippen LogP contribution is 2.25. The molecule has 0 aliphatic rings. The smallest absolute Gasteiger partial charge is 0.00886 e. The summed E-state index contributed by atoms with van der Waals surface area (Å²) in [6, 6.07) is 0. The minimum Gasteiger partial charge on any atom is -0.103 e. The zero-order chi connectivity index (χ0) is 21.4. The molecule has 0 aliphatic carbocycles. The third-order valence-electron chi connectivity index (χ3n) is 6.53. The summed E-state index contributed by atoms with van der Waals surface area (Å²) < 4.78 is 0. The maximum absolute atomic E-state index is 3.42. The van der Waals surface area contributed by atoms with Crippen molar-refractivity contribution in [1.29, 1.82) is 0 Å². The van der Waals surface area contributed by atoms with Crippen molar-refractivity contribution in [3.05, 3.63) is 0 Å². The molecule has 0 nitrogen and oxygen atoms in total. The fourth-order valence-corrected chi connectivity index (χ4v) is 4.32. The Hall–Kier alpha value is -0.440. The predicted molar refractivity (Wildman–Crippen MR) is 134 cm³/mol. The van der Waals surface area contributed by atoms with Crippen LogP contribution in [0.2, 0.25) is 0 Å². The van der Waals surface area contributed by atoms with E-state index in [1.54, 1.807) is 0 Å². The first kappa shape index (κ1) is 28.6. The molecule has 0 rings (SSSR count). The largest absolute Gasteiger partial charge is 0.103 e. The minimum absolute atomic E-state index is 0.850. The standard InChI is InChI=1S/C29H56/c1-5-7-9-11-13-15-17-19-21-23-25-27-29(28(3)4)26-24-22-20-18-16-14-12-10-8-6-2/h28-29H,5-16,18,20-27H2,1-4H3. The van der Waals surface area contributed by atoms with E-state index in [4.69, 9.17) is 0 Å². The second-order valence-corrected chi connectivity index (χ2v) is 9.74. The van der Waals surface area contributed by atoms with Gasteiger partial charge in [0.25, 0.3) is 0 Å². The lowest BCUT2D eigenvalue weighted by Gasteiger charge is -2.20. The fourth-order valence-electron chi connectivity index (χ4n) is 4.32. The molecule has 0 saturated carbocycles. The summed E-state index contributed by atoms with van der Waals surface area (Å²) in [5.41, 5.74) is 0. The Morgan fingerprint density at radius 3 is 1.24 bits per heavy atom. The Balaban J connectivity index is 3.54. The Kier molecular flexibility index (Phi) is 23.5. The van der Waals surface area contributed by atoms with Gasteiger partial charge in [-0.25, -0.2) is 0 Å². The van der Waals surface area contributed by atoms with Crippen LogP contribution in [0.5, 0.6) is 0 Å². The van der Waals surface area contributed by atoms with Gasteiger partial charge in [0.2, 0.25) is 0 Å². The average Bonchev–Trinajstić information content (AvgIpc) is 2.71. The van der Waals surface area contributed by atoms with Crippen molar-refractivity contribution in [3.63, 3.8) is 0 Å². The van der Waals surface area contributed by atoms with Crippen molar-refractivity contribution in [2.45, 2.75) is 163 Å². The Bertz CT molecular complexity index is 356. The van der Waals surface area contributed by atoms with Crippen LogP contribution in [-0.4, -0.2) is 0 Å².